The van der Waals surface area contributed by atoms with Gasteiger partial charge in [-0.2, -0.15) is 5.26 Å². The lowest BCUT2D eigenvalue weighted by molar-refractivity contribution is 0.756. The van der Waals surface area contributed by atoms with E-state index in [1.165, 1.54) is 17.3 Å². The summed E-state index contributed by atoms with van der Waals surface area (Å²) in [6, 6.07) is 12.5. The molecule has 2 aromatic heterocycles. The van der Waals surface area contributed by atoms with Gasteiger partial charge in [-0.1, -0.05) is 42.1 Å². The van der Waals surface area contributed by atoms with E-state index < -0.39 is 0 Å². The number of aromatic nitrogens is 4. The standard InChI is InChI=1S/C18H17N5S/c1-13-16(10-19)18(22-14(2)21-13)24-12-17-20-8-9-23(17)11-15-6-4-3-5-7-15/h3-9H,11-12H2,1-2H3. The van der Waals surface area contributed by atoms with Crippen LogP contribution in [0.25, 0.3) is 0 Å². The summed E-state index contributed by atoms with van der Waals surface area (Å²) < 4.78 is 2.12. The lowest BCUT2D eigenvalue weighted by Crippen LogP contribution is -2.04. The third kappa shape index (κ3) is 3.63. The highest BCUT2D eigenvalue weighted by Gasteiger charge is 2.12. The lowest BCUT2D eigenvalue weighted by atomic mass is 10.2. The molecule has 2 heterocycles. The van der Waals surface area contributed by atoms with Gasteiger partial charge in [0.2, 0.25) is 0 Å². The monoisotopic (exact) mass is 335 g/mol. The van der Waals surface area contributed by atoms with Gasteiger partial charge >= 0.3 is 0 Å². The maximum absolute atomic E-state index is 9.33. The molecule has 0 spiro atoms. The lowest BCUT2D eigenvalue weighted by Gasteiger charge is -2.09. The highest BCUT2D eigenvalue weighted by Crippen LogP contribution is 2.25. The van der Waals surface area contributed by atoms with Crippen molar-refractivity contribution < 1.29 is 0 Å². The van der Waals surface area contributed by atoms with Gasteiger partial charge in [0.05, 0.1) is 11.4 Å². The van der Waals surface area contributed by atoms with Gasteiger partial charge in [0, 0.05) is 18.9 Å². The molecule has 0 aliphatic carbocycles. The number of aryl methyl sites for hydroxylation is 2. The fraction of sp³-hybridized carbons (Fsp3) is 0.222. The highest BCUT2D eigenvalue weighted by atomic mass is 32.2. The summed E-state index contributed by atoms with van der Waals surface area (Å²) in [4.78, 5) is 13.1. The number of hydrogen-bond acceptors (Lipinski definition) is 5. The third-order valence-electron chi connectivity index (χ3n) is 3.62. The molecule has 0 radical (unpaired) electrons. The van der Waals surface area contributed by atoms with Gasteiger partial charge in [0.25, 0.3) is 0 Å². The van der Waals surface area contributed by atoms with Crippen LogP contribution in [-0.4, -0.2) is 19.5 Å². The smallest absolute Gasteiger partial charge is 0.126 e. The molecule has 0 saturated carbocycles. The topological polar surface area (TPSA) is 67.4 Å². The quantitative estimate of drug-likeness (QED) is 0.527. The Morgan fingerprint density at radius 3 is 2.71 bits per heavy atom. The number of thioether (sulfide) groups is 1. The van der Waals surface area contributed by atoms with Crippen LogP contribution in [-0.2, 0) is 12.3 Å². The average molecular weight is 335 g/mol. The van der Waals surface area contributed by atoms with Gasteiger partial charge in [0.1, 0.15) is 28.3 Å². The minimum Gasteiger partial charge on any atom is -0.330 e. The molecule has 0 atom stereocenters. The Morgan fingerprint density at radius 1 is 1.17 bits per heavy atom. The molecule has 0 bridgehead atoms. The van der Waals surface area contributed by atoms with Crippen LogP contribution in [0.3, 0.4) is 0 Å². The molecule has 0 saturated heterocycles. The molecule has 120 valence electrons. The van der Waals surface area contributed by atoms with E-state index >= 15 is 0 Å². The van der Waals surface area contributed by atoms with Crippen molar-refractivity contribution in [3.63, 3.8) is 0 Å². The van der Waals surface area contributed by atoms with Crippen molar-refractivity contribution in [3.05, 3.63) is 71.2 Å². The zero-order valence-corrected chi connectivity index (χ0v) is 14.4. The fourth-order valence-corrected chi connectivity index (χ4v) is 3.49. The minimum atomic E-state index is 0.548. The first-order valence-corrected chi connectivity index (χ1v) is 8.58. The summed E-state index contributed by atoms with van der Waals surface area (Å²) in [6.45, 7) is 4.46. The van der Waals surface area contributed by atoms with Crippen molar-refractivity contribution in [2.24, 2.45) is 0 Å². The Hall–Kier alpha value is -2.65. The predicted octanol–water partition coefficient (Wildman–Crippen LogP) is 3.50. The minimum absolute atomic E-state index is 0.548. The SMILES string of the molecule is Cc1nc(C)c(C#N)c(SCc2nccn2Cc2ccccc2)n1. The molecule has 5 nitrogen and oxygen atoms in total. The molecular formula is C18H17N5S. The second-order valence-electron chi connectivity index (χ2n) is 5.39. The van der Waals surface area contributed by atoms with Gasteiger partial charge in [-0.3, -0.25) is 0 Å². The maximum Gasteiger partial charge on any atom is 0.126 e. The highest BCUT2D eigenvalue weighted by molar-refractivity contribution is 7.98. The Kier molecular flexibility index (Phi) is 4.92. The van der Waals surface area contributed by atoms with Gasteiger partial charge < -0.3 is 4.57 Å². The van der Waals surface area contributed by atoms with Crippen LogP contribution in [0.2, 0.25) is 0 Å². The van der Waals surface area contributed by atoms with E-state index in [1.807, 2.05) is 38.2 Å². The van der Waals surface area contributed by atoms with E-state index in [0.717, 1.165) is 23.1 Å². The summed E-state index contributed by atoms with van der Waals surface area (Å²) in [5.74, 6) is 2.30. The van der Waals surface area contributed by atoms with Crippen LogP contribution >= 0.6 is 11.8 Å². The molecule has 6 heteroatoms. The fourth-order valence-electron chi connectivity index (χ4n) is 2.45. The van der Waals surface area contributed by atoms with Crippen LogP contribution in [0.5, 0.6) is 0 Å². The molecule has 0 unspecified atom stereocenters. The van der Waals surface area contributed by atoms with Crippen LogP contribution in [0.15, 0.2) is 47.8 Å². The van der Waals surface area contributed by atoms with Crippen molar-refractivity contribution in [2.75, 3.05) is 0 Å². The van der Waals surface area contributed by atoms with Crippen LogP contribution in [0, 0.1) is 25.2 Å². The van der Waals surface area contributed by atoms with E-state index in [1.54, 1.807) is 6.20 Å². The molecule has 3 aromatic rings. The largest absolute Gasteiger partial charge is 0.330 e. The molecule has 0 fully saturated rings. The van der Waals surface area contributed by atoms with Gasteiger partial charge in [-0.25, -0.2) is 15.0 Å². The Morgan fingerprint density at radius 2 is 1.96 bits per heavy atom. The number of imidazole rings is 1. The Labute approximate surface area is 145 Å². The van der Waals surface area contributed by atoms with Crippen molar-refractivity contribution in [3.8, 4) is 6.07 Å². The van der Waals surface area contributed by atoms with E-state index in [9.17, 15) is 5.26 Å². The first kappa shape index (κ1) is 16.2. The normalized spacial score (nSPS) is 10.5. The maximum atomic E-state index is 9.33. The van der Waals surface area contributed by atoms with Crippen molar-refractivity contribution in [1.82, 2.24) is 19.5 Å². The van der Waals surface area contributed by atoms with E-state index in [2.05, 4.69) is 37.7 Å². The summed E-state index contributed by atoms with van der Waals surface area (Å²) in [7, 11) is 0. The Bertz CT molecular complexity index is 880. The predicted molar refractivity (Wildman–Crippen MR) is 93.6 cm³/mol. The average Bonchev–Trinajstić information content (AvgIpc) is 3.00. The number of rotatable bonds is 5. The first-order valence-electron chi connectivity index (χ1n) is 7.59. The van der Waals surface area contributed by atoms with Crippen LogP contribution < -0.4 is 0 Å². The molecule has 3 rings (SSSR count). The summed E-state index contributed by atoms with van der Waals surface area (Å²) in [5.41, 5.74) is 2.50. The first-order chi connectivity index (χ1) is 11.7. The number of nitrogens with zero attached hydrogens (tertiary/aromatic N) is 5. The van der Waals surface area contributed by atoms with E-state index in [-0.39, 0.29) is 0 Å². The van der Waals surface area contributed by atoms with Crippen molar-refractivity contribution in [2.45, 2.75) is 31.2 Å². The molecule has 1 aromatic carbocycles. The van der Waals surface area contributed by atoms with Crippen LogP contribution in [0.1, 0.15) is 28.5 Å². The van der Waals surface area contributed by atoms with Gasteiger partial charge in [0.15, 0.2) is 0 Å². The molecule has 0 amide bonds. The van der Waals surface area contributed by atoms with Gasteiger partial charge in [-0.15, -0.1) is 0 Å². The van der Waals surface area contributed by atoms with Crippen LogP contribution in [0.4, 0.5) is 0 Å². The summed E-state index contributed by atoms with van der Waals surface area (Å²) in [6.07, 6.45) is 3.78. The molecule has 0 N–H and O–H groups in total. The van der Waals surface area contributed by atoms with Crippen molar-refractivity contribution >= 4 is 11.8 Å². The van der Waals surface area contributed by atoms with Gasteiger partial charge in [-0.05, 0) is 19.4 Å². The van der Waals surface area contributed by atoms with E-state index in [0.29, 0.717) is 17.1 Å². The second kappa shape index (κ2) is 7.28. The Balaban J connectivity index is 1.77. The number of benzene rings is 1. The summed E-state index contributed by atoms with van der Waals surface area (Å²) in [5, 5.41) is 10.1. The zero-order valence-electron chi connectivity index (χ0n) is 13.6. The third-order valence-corrected chi connectivity index (χ3v) is 4.59. The molecule has 0 aliphatic heterocycles. The number of hydrogen-bond donors (Lipinski definition) is 0. The molecular weight excluding hydrogens is 318 g/mol. The second-order valence-corrected chi connectivity index (χ2v) is 6.36. The van der Waals surface area contributed by atoms with E-state index in [4.69, 9.17) is 0 Å². The number of nitriles is 1. The molecule has 24 heavy (non-hydrogen) atoms. The van der Waals surface area contributed by atoms with Crippen molar-refractivity contribution in [1.29, 1.82) is 5.26 Å². The summed E-state index contributed by atoms with van der Waals surface area (Å²) >= 11 is 1.53. The zero-order chi connectivity index (χ0) is 16.9. The molecule has 0 aliphatic rings.